The minimum absolute atomic E-state index is 0.0000709. The summed E-state index contributed by atoms with van der Waals surface area (Å²) >= 11 is 5.18. The van der Waals surface area contributed by atoms with Gasteiger partial charge in [-0.2, -0.15) is 0 Å². The maximum absolute atomic E-state index is 12.1. The van der Waals surface area contributed by atoms with Gasteiger partial charge in [0.2, 0.25) is 5.91 Å². The molecule has 0 radical (unpaired) electrons. The summed E-state index contributed by atoms with van der Waals surface area (Å²) in [5.41, 5.74) is 2.02. The standard InChI is InChI=1S/C25H32N2O5S/c1-3-4-15-31-21-11-10-20(17-22(21)30-2)18-26-25(33)27-23(28)12-13-24(29)32-16-14-19-8-6-5-7-9-19/h5-11,17H,3-4,12-16,18H2,1-2H3,(H2,26,27,28,33). The van der Waals surface area contributed by atoms with E-state index >= 15 is 0 Å². The fraction of sp³-hybridized carbons (Fsp3) is 0.400. The fourth-order valence-electron chi connectivity index (χ4n) is 2.90. The normalized spacial score (nSPS) is 10.2. The number of amides is 1. The zero-order chi connectivity index (χ0) is 23.9. The molecule has 8 heteroatoms. The van der Waals surface area contributed by atoms with Gasteiger partial charge in [-0.05, 0) is 41.9 Å². The first-order chi connectivity index (χ1) is 16.0. The maximum atomic E-state index is 12.1. The Morgan fingerprint density at radius 1 is 0.970 bits per heavy atom. The van der Waals surface area contributed by atoms with Crippen molar-refractivity contribution in [2.24, 2.45) is 0 Å². The highest BCUT2D eigenvalue weighted by molar-refractivity contribution is 7.80. The Bertz CT molecular complexity index is 905. The van der Waals surface area contributed by atoms with Crippen molar-refractivity contribution in [3.05, 3.63) is 59.7 Å². The van der Waals surface area contributed by atoms with E-state index in [1.54, 1.807) is 7.11 Å². The molecule has 178 valence electrons. The number of carbonyl (C=O) groups excluding carboxylic acids is 2. The Kier molecular flexibility index (Phi) is 11.7. The number of nitrogens with one attached hydrogen (secondary N) is 2. The predicted octanol–water partition coefficient (Wildman–Crippen LogP) is 3.93. The number of esters is 1. The second-order valence-electron chi connectivity index (χ2n) is 7.37. The molecule has 0 aliphatic rings. The van der Waals surface area contributed by atoms with Gasteiger partial charge in [0.25, 0.3) is 0 Å². The lowest BCUT2D eigenvalue weighted by atomic mass is 10.2. The Balaban J connectivity index is 1.66. The highest BCUT2D eigenvalue weighted by Gasteiger charge is 2.10. The lowest BCUT2D eigenvalue weighted by molar-refractivity contribution is -0.144. The number of hydrogen-bond donors (Lipinski definition) is 2. The molecule has 0 fully saturated rings. The van der Waals surface area contributed by atoms with Crippen LogP contribution in [0.2, 0.25) is 0 Å². The summed E-state index contributed by atoms with van der Waals surface area (Å²) in [5, 5.41) is 5.75. The summed E-state index contributed by atoms with van der Waals surface area (Å²) in [5.74, 6) is 0.588. The van der Waals surface area contributed by atoms with Gasteiger partial charge in [-0.1, -0.05) is 49.7 Å². The molecule has 2 aromatic carbocycles. The number of thiocarbonyl (C=S) groups is 1. The van der Waals surface area contributed by atoms with Crippen LogP contribution in [-0.2, 0) is 27.3 Å². The maximum Gasteiger partial charge on any atom is 0.306 e. The van der Waals surface area contributed by atoms with Crippen molar-refractivity contribution in [1.82, 2.24) is 10.6 Å². The molecule has 0 heterocycles. The zero-order valence-corrected chi connectivity index (χ0v) is 20.0. The van der Waals surface area contributed by atoms with Crippen molar-refractivity contribution < 1.29 is 23.8 Å². The van der Waals surface area contributed by atoms with Crippen molar-refractivity contribution in [3.63, 3.8) is 0 Å². The fourth-order valence-corrected chi connectivity index (χ4v) is 3.08. The molecular formula is C25H32N2O5S. The molecule has 0 saturated heterocycles. The lowest BCUT2D eigenvalue weighted by Gasteiger charge is -2.13. The summed E-state index contributed by atoms with van der Waals surface area (Å²) in [4.78, 5) is 23.9. The van der Waals surface area contributed by atoms with Gasteiger partial charge in [0.05, 0.1) is 26.7 Å². The highest BCUT2D eigenvalue weighted by atomic mass is 32.1. The Morgan fingerprint density at radius 2 is 1.76 bits per heavy atom. The molecule has 2 rings (SSSR count). The third-order valence-corrected chi connectivity index (χ3v) is 4.99. The molecule has 0 saturated carbocycles. The van der Waals surface area contributed by atoms with Crippen LogP contribution in [0.5, 0.6) is 11.5 Å². The average molecular weight is 473 g/mol. The zero-order valence-electron chi connectivity index (χ0n) is 19.2. The quantitative estimate of drug-likeness (QED) is 0.260. The van der Waals surface area contributed by atoms with Crippen LogP contribution >= 0.6 is 12.2 Å². The second kappa shape index (κ2) is 14.8. The van der Waals surface area contributed by atoms with Crippen LogP contribution < -0.4 is 20.1 Å². The largest absolute Gasteiger partial charge is 0.493 e. The lowest BCUT2D eigenvalue weighted by Crippen LogP contribution is -2.39. The number of benzene rings is 2. The van der Waals surface area contributed by atoms with Crippen molar-refractivity contribution >= 4 is 29.2 Å². The Hall–Kier alpha value is -3.13. The van der Waals surface area contributed by atoms with E-state index in [4.69, 9.17) is 26.4 Å². The molecule has 1 amide bonds. The number of methoxy groups -OCH3 is 1. The molecule has 33 heavy (non-hydrogen) atoms. The molecule has 0 aliphatic heterocycles. The van der Waals surface area contributed by atoms with Gasteiger partial charge < -0.3 is 24.8 Å². The monoisotopic (exact) mass is 472 g/mol. The van der Waals surface area contributed by atoms with E-state index in [0.29, 0.717) is 31.1 Å². The Labute approximate surface area is 200 Å². The van der Waals surface area contributed by atoms with Crippen LogP contribution in [0.25, 0.3) is 0 Å². The number of carbonyl (C=O) groups is 2. The van der Waals surface area contributed by atoms with Crippen LogP contribution in [0, 0.1) is 0 Å². The Morgan fingerprint density at radius 3 is 2.48 bits per heavy atom. The number of ether oxygens (including phenoxy) is 3. The minimum Gasteiger partial charge on any atom is -0.493 e. The molecule has 0 spiro atoms. The van der Waals surface area contributed by atoms with E-state index < -0.39 is 5.97 Å². The number of hydrogen-bond acceptors (Lipinski definition) is 6. The van der Waals surface area contributed by atoms with E-state index in [1.165, 1.54) is 0 Å². The smallest absolute Gasteiger partial charge is 0.306 e. The minimum atomic E-state index is -0.409. The first-order valence-corrected chi connectivity index (χ1v) is 11.5. The summed E-state index contributed by atoms with van der Waals surface area (Å²) in [6.45, 7) is 3.44. The van der Waals surface area contributed by atoms with Gasteiger partial charge in [0, 0.05) is 19.4 Å². The summed E-state index contributed by atoms with van der Waals surface area (Å²) in [6.07, 6.45) is 2.68. The first kappa shape index (κ1) is 26.1. The predicted molar refractivity (Wildman–Crippen MR) is 131 cm³/mol. The molecular weight excluding hydrogens is 440 g/mol. The third-order valence-electron chi connectivity index (χ3n) is 4.74. The molecule has 7 nitrogen and oxygen atoms in total. The molecule has 0 aliphatic carbocycles. The van der Waals surface area contributed by atoms with E-state index in [-0.39, 0.29) is 30.5 Å². The molecule has 0 aromatic heterocycles. The van der Waals surface area contributed by atoms with E-state index in [1.807, 2.05) is 48.5 Å². The highest BCUT2D eigenvalue weighted by Crippen LogP contribution is 2.28. The average Bonchev–Trinajstić information content (AvgIpc) is 2.82. The van der Waals surface area contributed by atoms with E-state index in [2.05, 4.69) is 17.6 Å². The molecule has 0 unspecified atom stereocenters. The first-order valence-electron chi connectivity index (χ1n) is 11.1. The molecule has 0 bridgehead atoms. The van der Waals surface area contributed by atoms with Gasteiger partial charge >= 0.3 is 5.97 Å². The SMILES string of the molecule is CCCCOc1ccc(CNC(=S)NC(=O)CCC(=O)OCCc2ccccc2)cc1OC. The van der Waals surface area contributed by atoms with Crippen molar-refractivity contribution in [3.8, 4) is 11.5 Å². The van der Waals surface area contributed by atoms with E-state index in [9.17, 15) is 9.59 Å². The number of rotatable bonds is 13. The summed E-state index contributed by atoms with van der Waals surface area (Å²) in [7, 11) is 1.59. The topological polar surface area (TPSA) is 85.9 Å². The summed E-state index contributed by atoms with van der Waals surface area (Å²) < 4.78 is 16.3. The molecule has 2 aromatic rings. The van der Waals surface area contributed by atoms with E-state index in [0.717, 1.165) is 24.0 Å². The van der Waals surface area contributed by atoms with Crippen LogP contribution in [0.4, 0.5) is 0 Å². The van der Waals surface area contributed by atoms with Gasteiger partial charge in [0.1, 0.15) is 0 Å². The second-order valence-corrected chi connectivity index (χ2v) is 7.78. The van der Waals surface area contributed by atoms with Crippen LogP contribution in [0.3, 0.4) is 0 Å². The van der Waals surface area contributed by atoms with Crippen LogP contribution in [0.1, 0.15) is 43.7 Å². The number of unbranched alkanes of at least 4 members (excludes halogenated alkanes) is 1. The van der Waals surface area contributed by atoms with Gasteiger partial charge in [-0.25, -0.2) is 0 Å². The van der Waals surface area contributed by atoms with Gasteiger partial charge in [-0.15, -0.1) is 0 Å². The van der Waals surface area contributed by atoms with Crippen molar-refractivity contribution in [1.29, 1.82) is 0 Å². The van der Waals surface area contributed by atoms with Gasteiger partial charge in [0.15, 0.2) is 16.6 Å². The van der Waals surface area contributed by atoms with Crippen LogP contribution in [0.15, 0.2) is 48.5 Å². The summed E-state index contributed by atoms with van der Waals surface area (Å²) in [6, 6.07) is 15.4. The van der Waals surface area contributed by atoms with Crippen molar-refractivity contribution in [2.45, 2.75) is 45.6 Å². The molecule has 2 N–H and O–H groups in total. The van der Waals surface area contributed by atoms with Gasteiger partial charge in [-0.3, -0.25) is 9.59 Å². The molecule has 0 atom stereocenters. The third kappa shape index (κ3) is 10.4. The van der Waals surface area contributed by atoms with Crippen LogP contribution in [-0.4, -0.2) is 37.3 Å². The van der Waals surface area contributed by atoms with Crippen molar-refractivity contribution in [2.75, 3.05) is 20.3 Å².